The van der Waals surface area contributed by atoms with Crippen LogP contribution in [-0.2, 0) is 0 Å². The first kappa shape index (κ1) is 12.3. The molecule has 2 nitrogen and oxygen atoms in total. The monoisotopic (exact) mass is 288 g/mol. The molecule has 3 rings (SSSR count). The number of hydrogen-bond donors (Lipinski definition) is 1. The van der Waals surface area contributed by atoms with Crippen LogP contribution in [0, 0.1) is 0 Å². The molecule has 0 spiro atoms. The molecule has 19 heavy (non-hydrogen) atoms. The molecule has 0 unspecified atom stereocenters. The molecule has 0 bridgehead atoms. The lowest BCUT2D eigenvalue weighted by atomic mass is 10.0. The Morgan fingerprint density at radius 1 is 0.895 bits per heavy atom. The highest BCUT2D eigenvalue weighted by Gasteiger charge is 2.06. The maximum Gasteiger partial charge on any atom is 0.123 e. The minimum atomic E-state index is 0.515. The first-order valence-corrected chi connectivity index (χ1v) is 6.50. The summed E-state index contributed by atoms with van der Waals surface area (Å²) in [6.07, 6.45) is 1.76. The van der Waals surface area contributed by atoms with Gasteiger partial charge in [0, 0.05) is 27.2 Å². The van der Waals surface area contributed by atoms with Crippen LogP contribution in [0.15, 0.2) is 48.7 Å². The summed E-state index contributed by atoms with van der Waals surface area (Å²) < 4.78 is 0. The van der Waals surface area contributed by atoms with E-state index in [1.54, 1.807) is 18.3 Å². The first-order valence-electron chi connectivity index (χ1n) is 5.74. The Balaban J connectivity index is 2.20. The van der Waals surface area contributed by atoms with Gasteiger partial charge in [0.2, 0.25) is 0 Å². The highest BCUT2D eigenvalue weighted by molar-refractivity contribution is 6.35. The third kappa shape index (κ3) is 2.37. The third-order valence-corrected chi connectivity index (χ3v) is 3.55. The van der Waals surface area contributed by atoms with Gasteiger partial charge >= 0.3 is 0 Å². The van der Waals surface area contributed by atoms with Crippen LogP contribution in [-0.4, -0.2) is 4.98 Å². The van der Waals surface area contributed by atoms with Gasteiger partial charge in [-0.2, -0.15) is 0 Å². The summed E-state index contributed by atoms with van der Waals surface area (Å²) in [5, 5.41) is 3.40. The highest BCUT2D eigenvalue weighted by Crippen LogP contribution is 2.32. The lowest BCUT2D eigenvalue weighted by molar-refractivity contribution is 1.37. The summed E-state index contributed by atoms with van der Waals surface area (Å²) in [4.78, 5) is 4.10. The van der Waals surface area contributed by atoms with E-state index in [4.69, 9.17) is 28.9 Å². The quantitative estimate of drug-likeness (QED) is 0.699. The molecule has 0 aliphatic rings. The van der Waals surface area contributed by atoms with Crippen molar-refractivity contribution in [3.05, 3.63) is 58.7 Å². The molecule has 0 radical (unpaired) electrons. The maximum absolute atomic E-state index is 6.21. The molecule has 0 amide bonds. The summed E-state index contributed by atoms with van der Waals surface area (Å²) in [6, 6.07) is 13.3. The highest BCUT2D eigenvalue weighted by atomic mass is 35.5. The van der Waals surface area contributed by atoms with Crippen LogP contribution in [0.2, 0.25) is 10.0 Å². The number of nitrogen functional groups attached to an aromatic ring is 1. The standard InChI is InChI=1S/C15H10Cl2N2/c16-12-3-4-14(17)13(7-12)10-2-1-9-6-15(18)19-8-11(9)5-10/h1-8H,(H2,18,19). The summed E-state index contributed by atoms with van der Waals surface area (Å²) in [5.41, 5.74) is 7.58. The van der Waals surface area contributed by atoms with Crippen LogP contribution in [0.5, 0.6) is 0 Å². The van der Waals surface area contributed by atoms with E-state index in [2.05, 4.69) is 4.98 Å². The van der Waals surface area contributed by atoms with Gasteiger partial charge in [0.15, 0.2) is 0 Å². The average Bonchev–Trinajstić information content (AvgIpc) is 2.41. The largest absolute Gasteiger partial charge is 0.384 e. The number of anilines is 1. The van der Waals surface area contributed by atoms with Crippen LogP contribution >= 0.6 is 23.2 Å². The van der Waals surface area contributed by atoms with Crippen LogP contribution in [0.4, 0.5) is 5.82 Å². The SMILES string of the molecule is Nc1cc2ccc(-c3cc(Cl)ccc3Cl)cc2cn1. The zero-order valence-electron chi connectivity index (χ0n) is 9.90. The molecule has 0 saturated carbocycles. The predicted molar refractivity (Wildman–Crippen MR) is 81.6 cm³/mol. The second-order valence-electron chi connectivity index (χ2n) is 4.30. The van der Waals surface area contributed by atoms with Crippen molar-refractivity contribution in [2.24, 2.45) is 0 Å². The van der Waals surface area contributed by atoms with Gasteiger partial charge in [-0.15, -0.1) is 0 Å². The molecule has 0 aliphatic heterocycles. The summed E-state index contributed by atoms with van der Waals surface area (Å²) >= 11 is 12.2. The van der Waals surface area contributed by atoms with Crippen molar-refractivity contribution in [2.75, 3.05) is 5.73 Å². The second-order valence-corrected chi connectivity index (χ2v) is 5.14. The molecule has 2 N–H and O–H groups in total. The van der Waals surface area contributed by atoms with Gasteiger partial charge in [-0.3, -0.25) is 0 Å². The van der Waals surface area contributed by atoms with Crippen molar-refractivity contribution in [3.63, 3.8) is 0 Å². The van der Waals surface area contributed by atoms with E-state index in [0.29, 0.717) is 15.9 Å². The molecule has 2 aromatic carbocycles. The van der Waals surface area contributed by atoms with E-state index in [9.17, 15) is 0 Å². The molecular formula is C15H10Cl2N2. The summed E-state index contributed by atoms with van der Waals surface area (Å²) in [7, 11) is 0. The summed E-state index contributed by atoms with van der Waals surface area (Å²) in [6.45, 7) is 0. The van der Waals surface area contributed by atoms with Crippen molar-refractivity contribution >= 4 is 39.8 Å². The topological polar surface area (TPSA) is 38.9 Å². The number of rotatable bonds is 1. The van der Waals surface area contributed by atoms with Crippen molar-refractivity contribution < 1.29 is 0 Å². The molecule has 0 aliphatic carbocycles. The molecule has 0 fully saturated rings. The Kier molecular flexibility index (Phi) is 3.05. The minimum Gasteiger partial charge on any atom is -0.384 e. The molecule has 4 heteroatoms. The molecule has 3 aromatic rings. The van der Waals surface area contributed by atoms with Gasteiger partial charge in [0.1, 0.15) is 5.82 Å². The van der Waals surface area contributed by atoms with E-state index >= 15 is 0 Å². The molecular weight excluding hydrogens is 279 g/mol. The van der Waals surface area contributed by atoms with Gasteiger partial charge in [0.05, 0.1) is 0 Å². The van der Waals surface area contributed by atoms with E-state index in [1.807, 2.05) is 30.3 Å². The van der Waals surface area contributed by atoms with Gasteiger partial charge in [-0.25, -0.2) is 4.98 Å². The van der Waals surface area contributed by atoms with Gasteiger partial charge in [0.25, 0.3) is 0 Å². The fraction of sp³-hybridized carbons (Fsp3) is 0. The number of aromatic nitrogens is 1. The normalized spacial score (nSPS) is 10.8. The Morgan fingerprint density at radius 3 is 2.58 bits per heavy atom. The number of hydrogen-bond acceptors (Lipinski definition) is 2. The van der Waals surface area contributed by atoms with Crippen LogP contribution in [0.3, 0.4) is 0 Å². The Labute approximate surface area is 120 Å². The lowest BCUT2D eigenvalue weighted by Gasteiger charge is -2.07. The van der Waals surface area contributed by atoms with Gasteiger partial charge in [-0.05, 0) is 41.3 Å². The number of pyridine rings is 1. The number of nitrogens with two attached hydrogens (primary N) is 1. The van der Waals surface area contributed by atoms with Crippen LogP contribution in [0.25, 0.3) is 21.9 Å². The molecule has 1 heterocycles. The number of benzene rings is 2. The van der Waals surface area contributed by atoms with E-state index in [1.165, 1.54) is 0 Å². The molecule has 1 aromatic heterocycles. The molecule has 94 valence electrons. The van der Waals surface area contributed by atoms with E-state index in [-0.39, 0.29) is 0 Å². The Bertz CT molecular complexity index is 769. The fourth-order valence-electron chi connectivity index (χ4n) is 2.04. The van der Waals surface area contributed by atoms with E-state index in [0.717, 1.165) is 21.9 Å². The third-order valence-electron chi connectivity index (χ3n) is 2.98. The van der Waals surface area contributed by atoms with Crippen molar-refractivity contribution in [3.8, 4) is 11.1 Å². The van der Waals surface area contributed by atoms with E-state index < -0.39 is 0 Å². The summed E-state index contributed by atoms with van der Waals surface area (Å²) in [5.74, 6) is 0.515. The molecule has 0 saturated heterocycles. The Morgan fingerprint density at radius 2 is 1.74 bits per heavy atom. The zero-order valence-corrected chi connectivity index (χ0v) is 11.4. The van der Waals surface area contributed by atoms with Crippen LogP contribution in [0.1, 0.15) is 0 Å². The van der Waals surface area contributed by atoms with Gasteiger partial charge < -0.3 is 5.73 Å². The van der Waals surface area contributed by atoms with Crippen LogP contribution < -0.4 is 5.73 Å². The fourth-order valence-corrected chi connectivity index (χ4v) is 2.44. The van der Waals surface area contributed by atoms with Crippen molar-refractivity contribution in [1.29, 1.82) is 0 Å². The van der Waals surface area contributed by atoms with Gasteiger partial charge in [-0.1, -0.05) is 35.3 Å². The second kappa shape index (κ2) is 4.72. The zero-order chi connectivity index (χ0) is 13.4. The van der Waals surface area contributed by atoms with Crippen molar-refractivity contribution in [2.45, 2.75) is 0 Å². The number of fused-ring (bicyclic) bond motifs is 1. The number of halogens is 2. The smallest absolute Gasteiger partial charge is 0.123 e. The van der Waals surface area contributed by atoms with Crippen molar-refractivity contribution in [1.82, 2.24) is 4.98 Å². The average molecular weight is 289 g/mol. The number of nitrogens with zero attached hydrogens (tertiary/aromatic N) is 1. The first-order chi connectivity index (χ1) is 9.13. The Hall–Kier alpha value is -1.77. The maximum atomic E-state index is 6.21. The molecule has 0 atom stereocenters. The predicted octanol–water partition coefficient (Wildman–Crippen LogP) is 4.79. The lowest BCUT2D eigenvalue weighted by Crippen LogP contribution is -1.89. The minimum absolute atomic E-state index is 0.515.